The summed E-state index contributed by atoms with van der Waals surface area (Å²) in [6, 6.07) is 3.42. The minimum Gasteiger partial charge on any atom is -0.493 e. The van der Waals surface area contributed by atoms with E-state index in [0.29, 0.717) is 22.8 Å². The number of hydrogen-bond acceptors (Lipinski definition) is 5. The van der Waals surface area contributed by atoms with Crippen LogP contribution in [0, 0.1) is 20.8 Å². The first-order chi connectivity index (χ1) is 9.76. The second-order valence-corrected chi connectivity index (χ2v) is 6.35. The fraction of sp³-hybridized carbons (Fsp3) is 0.385. The highest BCUT2D eigenvalue weighted by atomic mass is 32.2. The van der Waals surface area contributed by atoms with Crippen LogP contribution in [0.1, 0.15) is 17.1 Å². The van der Waals surface area contributed by atoms with Crippen molar-refractivity contribution in [2.75, 3.05) is 11.8 Å². The topological polar surface area (TPSA) is 86.1 Å². The standard InChI is InChI=1S/C13H18N4O3S/c1-8-6-7-11(20-5)13(14-8)16-21(18,19)12-9(2)15-17(4)10(12)3/h6-7H,1-5H3,(H,14,16). The van der Waals surface area contributed by atoms with Crippen molar-refractivity contribution in [2.24, 2.45) is 7.05 Å². The van der Waals surface area contributed by atoms with Crippen molar-refractivity contribution in [3.63, 3.8) is 0 Å². The number of methoxy groups -OCH3 is 1. The van der Waals surface area contributed by atoms with Gasteiger partial charge in [-0.15, -0.1) is 0 Å². The number of anilines is 1. The molecule has 0 atom stereocenters. The summed E-state index contributed by atoms with van der Waals surface area (Å²) in [4.78, 5) is 4.34. The highest BCUT2D eigenvalue weighted by Gasteiger charge is 2.25. The maximum atomic E-state index is 12.6. The lowest BCUT2D eigenvalue weighted by molar-refractivity contribution is 0.415. The molecule has 7 nitrogen and oxygen atoms in total. The van der Waals surface area contributed by atoms with Gasteiger partial charge in [0.1, 0.15) is 4.90 Å². The first-order valence-corrected chi connectivity index (χ1v) is 7.79. The number of aromatic nitrogens is 3. The number of rotatable bonds is 4. The average molecular weight is 310 g/mol. The fourth-order valence-corrected chi connectivity index (χ4v) is 3.56. The van der Waals surface area contributed by atoms with Crippen molar-refractivity contribution in [3.8, 4) is 5.75 Å². The molecule has 2 aromatic heterocycles. The molecule has 0 aromatic carbocycles. The van der Waals surface area contributed by atoms with Crippen molar-refractivity contribution in [1.82, 2.24) is 14.8 Å². The number of nitrogens with zero attached hydrogens (tertiary/aromatic N) is 3. The number of hydrogen-bond donors (Lipinski definition) is 1. The first kappa shape index (κ1) is 15.3. The molecule has 0 aliphatic carbocycles. The summed E-state index contributed by atoms with van der Waals surface area (Å²) < 4.78 is 34.3. The number of pyridine rings is 1. The monoisotopic (exact) mass is 310 g/mol. The van der Waals surface area contributed by atoms with Gasteiger partial charge in [-0.2, -0.15) is 5.10 Å². The van der Waals surface area contributed by atoms with Crippen molar-refractivity contribution in [2.45, 2.75) is 25.7 Å². The third-order valence-corrected chi connectivity index (χ3v) is 4.75. The van der Waals surface area contributed by atoms with Crippen LogP contribution in [0.25, 0.3) is 0 Å². The SMILES string of the molecule is COc1ccc(C)nc1NS(=O)(=O)c1c(C)nn(C)c1C. The molecule has 1 N–H and O–H groups in total. The van der Waals surface area contributed by atoms with Gasteiger partial charge in [0.2, 0.25) is 0 Å². The van der Waals surface area contributed by atoms with Crippen LogP contribution in [-0.2, 0) is 17.1 Å². The normalized spacial score (nSPS) is 11.5. The molecule has 21 heavy (non-hydrogen) atoms. The van der Waals surface area contributed by atoms with Gasteiger partial charge < -0.3 is 4.74 Å². The maximum Gasteiger partial charge on any atom is 0.266 e. The molecular weight excluding hydrogens is 292 g/mol. The molecular formula is C13H18N4O3S. The van der Waals surface area contributed by atoms with Gasteiger partial charge in [-0.3, -0.25) is 9.40 Å². The molecule has 0 saturated heterocycles. The van der Waals surface area contributed by atoms with Gasteiger partial charge in [0.25, 0.3) is 10.0 Å². The Morgan fingerprint density at radius 1 is 1.24 bits per heavy atom. The van der Waals surface area contributed by atoms with Gasteiger partial charge in [-0.05, 0) is 32.9 Å². The van der Waals surface area contributed by atoms with Crippen LogP contribution in [0.4, 0.5) is 5.82 Å². The van der Waals surface area contributed by atoms with Crippen LogP contribution in [0.2, 0.25) is 0 Å². The molecule has 0 amide bonds. The fourth-order valence-electron chi connectivity index (χ4n) is 2.10. The third-order valence-electron chi connectivity index (χ3n) is 3.16. The third kappa shape index (κ3) is 2.85. The van der Waals surface area contributed by atoms with Crippen LogP contribution >= 0.6 is 0 Å². The Kier molecular flexibility index (Phi) is 3.91. The van der Waals surface area contributed by atoms with E-state index in [0.717, 1.165) is 0 Å². The summed E-state index contributed by atoms with van der Waals surface area (Å²) in [7, 11) is -0.615. The number of nitrogens with one attached hydrogen (secondary N) is 1. The van der Waals surface area contributed by atoms with E-state index in [1.807, 2.05) is 0 Å². The van der Waals surface area contributed by atoms with E-state index in [1.165, 1.54) is 11.8 Å². The molecule has 2 rings (SSSR count). The predicted octanol–water partition coefficient (Wildman–Crippen LogP) is 1.55. The minimum absolute atomic E-state index is 0.162. The van der Waals surface area contributed by atoms with E-state index >= 15 is 0 Å². The van der Waals surface area contributed by atoms with E-state index in [9.17, 15) is 8.42 Å². The Morgan fingerprint density at radius 2 is 1.90 bits per heavy atom. The zero-order valence-corrected chi connectivity index (χ0v) is 13.4. The summed E-state index contributed by atoms with van der Waals surface area (Å²) in [5, 5.41) is 4.12. The average Bonchev–Trinajstić information content (AvgIpc) is 2.63. The largest absolute Gasteiger partial charge is 0.493 e. The van der Waals surface area contributed by atoms with Gasteiger partial charge in [0.05, 0.1) is 18.5 Å². The Labute approximate surface area is 124 Å². The Bertz CT molecular complexity index is 781. The molecule has 2 aromatic rings. The molecule has 8 heteroatoms. The molecule has 0 radical (unpaired) electrons. The van der Waals surface area contributed by atoms with Crippen molar-refractivity contribution < 1.29 is 13.2 Å². The lowest BCUT2D eigenvalue weighted by Gasteiger charge is -2.11. The number of sulfonamides is 1. The van der Waals surface area contributed by atoms with Crippen molar-refractivity contribution in [3.05, 3.63) is 29.2 Å². The van der Waals surface area contributed by atoms with Crippen LogP contribution in [-0.4, -0.2) is 30.3 Å². The molecule has 0 unspecified atom stereocenters. The highest BCUT2D eigenvalue weighted by molar-refractivity contribution is 7.92. The van der Waals surface area contributed by atoms with Gasteiger partial charge >= 0.3 is 0 Å². The lowest BCUT2D eigenvalue weighted by atomic mass is 10.3. The van der Waals surface area contributed by atoms with Gasteiger partial charge in [0.15, 0.2) is 11.6 Å². The van der Waals surface area contributed by atoms with Gasteiger partial charge in [-0.1, -0.05) is 0 Å². The second-order valence-electron chi connectivity index (χ2n) is 4.73. The highest BCUT2D eigenvalue weighted by Crippen LogP contribution is 2.27. The van der Waals surface area contributed by atoms with E-state index in [-0.39, 0.29) is 10.7 Å². The lowest BCUT2D eigenvalue weighted by Crippen LogP contribution is -2.16. The van der Waals surface area contributed by atoms with E-state index in [1.54, 1.807) is 40.0 Å². The van der Waals surface area contributed by atoms with Crippen molar-refractivity contribution in [1.29, 1.82) is 0 Å². The van der Waals surface area contributed by atoms with Crippen LogP contribution < -0.4 is 9.46 Å². The Morgan fingerprint density at radius 3 is 2.43 bits per heavy atom. The summed E-state index contributed by atoms with van der Waals surface area (Å²) in [6.45, 7) is 5.13. The molecule has 0 fully saturated rings. The molecule has 0 aliphatic heterocycles. The minimum atomic E-state index is -3.78. The molecule has 0 saturated carbocycles. The smallest absolute Gasteiger partial charge is 0.266 e. The Hall–Kier alpha value is -2.09. The molecule has 0 bridgehead atoms. The number of aryl methyl sites for hydroxylation is 3. The van der Waals surface area contributed by atoms with Gasteiger partial charge in [-0.25, -0.2) is 13.4 Å². The van der Waals surface area contributed by atoms with Crippen LogP contribution in [0.5, 0.6) is 5.75 Å². The molecule has 0 aliphatic rings. The first-order valence-electron chi connectivity index (χ1n) is 6.31. The summed E-state index contributed by atoms with van der Waals surface area (Å²) in [5.74, 6) is 0.531. The van der Waals surface area contributed by atoms with Gasteiger partial charge in [0, 0.05) is 12.7 Å². The summed E-state index contributed by atoms with van der Waals surface area (Å²) in [5.41, 5.74) is 1.69. The van der Waals surface area contributed by atoms with Crippen molar-refractivity contribution >= 4 is 15.8 Å². The zero-order valence-electron chi connectivity index (χ0n) is 12.6. The van der Waals surface area contributed by atoms with E-state index in [2.05, 4.69) is 14.8 Å². The molecule has 0 spiro atoms. The molecule has 2 heterocycles. The molecule has 114 valence electrons. The quantitative estimate of drug-likeness (QED) is 0.926. The van der Waals surface area contributed by atoms with Crippen LogP contribution in [0.15, 0.2) is 17.0 Å². The second kappa shape index (κ2) is 5.36. The summed E-state index contributed by atoms with van der Waals surface area (Å²) in [6.07, 6.45) is 0. The Balaban J connectivity index is 2.50. The predicted molar refractivity (Wildman–Crippen MR) is 79.0 cm³/mol. The van der Waals surface area contributed by atoms with Crippen LogP contribution in [0.3, 0.4) is 0 Å². The van der Waals surface area contributed by atoms with E-state index < -0.39 is 10.0 Å². The summed E-state index contributed by atoms with van der Waals surface area (Å²) >= 11 is 0. The maximum absolute atomic E-state index is 12.6. The zero-order chi connectivity index (χ0) is 15.8. The number of ether oxygens (including phenoxy) is 1. The van der Waals surface area contributed by atoms with E-state index in [4.69, 9.17) is 4.74 Å².